The van der Waals surface area contributed by atoms with Gasteiger partial charge in [0.2, 0.25) is 0 Å². The number of carboxylic acids is 1. The molecule has 0 radical (unpaired) electrons. The number of hydrogen-bond acceptors (Lipinski definition) is 16. The Kier molecular flexibility index (Phi) is 13.4. The topological polar surface area (TPSA) is 275 Å². The first-order valence-electron chi connectivity index (χ1n) is 23.8. The molecule has 0 bridgehead atoms. The number of aliphatic hydroxyl groups excluding tert-OH is 9. The van der Waals surface area contributed by atoms with Crippen LogP contribution in [0.1, 0.15) is 106 Å². The van der Waals surface area contributed by atoms with Gasteiger partial charge in [0, 0.05) is 5.41 Å². The van der Waals surface area contributed by atoms with Crippen molar-refractivity contribution >= 4 is 5.97 Å². The molecule has 0 aromatic heterocycles. The molecule has 17 heteroatoms. The molecule has 3 saturated heterocycles. The van der Waals surface area contributed by atoms with E-state index in [4.69, 9.17) is 28.4 Å². The normalized spacial score (nSPS) is 56.3. The smallest absolute Gasteiger partial charge is 0.309 e. The number of carbonyl (C=O) groups is 1. The number of aliphatic hydroxyl groups is 9. The van der Waals surface area contributed by atoms with E-state index in [1.165, 1.54) is 6.92 Å². The maximum atomic E-state index is 13.1. The second-order valence-electron chi connectivity index (χ2n) is 22.3. The van der Waals surface area contributed by atoms with Gasteiger partial charge in [-0.25, -0.2) is 0 Å². The molecule has 0 amide bonds. The van der Waals surface area contributed by atoms with Gasteiger partial charge in [0.25, 0.3) is 0 Å². The number of rotatable bonds is 10. The Morgan fingerprint density at radius 1 is 0.688 bits per heavy atom. The van der Waals surface area contributed by atoms with Crippen LogP contribution in [0.15, 0.2) is 12.2 Å². The molecule has 3 heterocycles. The molecule has 25 atom stereocenters. The van der Waals surface area contributed by atoms with Crippen molar-refractivity contribution in [2.75, 3.05) is 19.8 Å². The monoisotopic (exact) mass is 913 g/mol. The average molecular weight is 913 g/mol. The predicted molar refractivity (Wildman–Crippen MR) is 225 cm³/mol. The number of fused-ring (bicyclic) bond motifs is 7. The van der Waals surface area contributed by atoms with E-state index < -0.39 is 116 Å². The highest BCUT2D eigenvalue weighted by molar-refractivity contribution is 5.76. The molecule has 366 valence electrons. The summed E-state index contributed by atoms with van der Waals surface area (Å²) in [4.78, 5) is 13.1. The van der Waals surface area contributed by atoms with Crippen molar-refractivity contribution in [3.8, 4) is 0 Å². The second kappa shape index (κ2) is 17.5. The minimum Gasteiger partial charge on any atom is -0.481 e. The Morgan fingerprint density at radius 2 is 1.38 bits per heavy atom. The average Bonchev–Trinajstić information content (AvgIpc) is 3.67. The molecule has 8 fully saturated rings. The summed E-state index contributed by atoms with van der Waals surface area (Å²) in [7, 11) is 0. The second-order valence-corrected chi connectivity index (χ2v) is 22.3. The van der Waals surface area contributed by atoms with E-state index in [-0.39, 0.29) is 53.1 Å². The van der Waals surface area contributed by atoms with E-state index in [0.717, 1.165) is 50.5 Å². The van der Waals surface area contributed by atoms with Gasteiger partial charge in [0.15, 0.2) is 18.9 Å². The zero-order chi connectivity index (χ0) is 46.6. The molecule has 0 unspecified atom stereocenters. The first kappa shape index (κ1) is 49.0. The third kappa shape index (κ3) is 7.31. The van der Waals surface area contributed by atoms with E-state index in [0.29, 0.717) is 25.2 Å². The molecule has 5 aliphatic carbocycles. The van der Waals surface area contributed by atoms with Crippen LogP contribution in [-0.2, 0) is 33.2 Å². The number of carboxylic acid groups (broad SMARTS) is 1. The van der Waals surface area contributed by atoms with E-state index >= 15 is 0 Å². The van der Waals surface area contributed by atoms with Gasteiger partial charge in [-0.1, -0.05) is 39.8 Å². The van der Waals surface area contributed by atoms with Gasteiger partial charge >= 0.3 is 5.97 Å². The zero-order valence-corrected chi connectivity index (χ0v) is 38.3. The van der Waals surface area contributed by atoms with Crippen LogP contribution in [-0.4, -0.2) is 169 Å². The Labute approximate surface area is 376 Å². The van der Waals surface area contributed by atoms with E-state index in [2.05, 4.69) is 41.2 Å². The maximum Gasteiger partial charge on any atom is 0.309 e. The van der Waals surface area contributed by atoms with Crippen molar-refractivity contribution in [2.24, 2.45) is 56.7 Å². The van der Waals surface area contributed by atoms with Gasteiger partial charge in [-0.15, -0.1) is 0 Å². The van der Waals surface area contributed by atoms with Crippen molar-refractivity contribution in [1.82, 2.24) is 0 Å². The molecule has 17 nitrogen and oxygen atoms in total. The Bertz CT molecular complexity index is 1720. The highest BCUT2D eigenvalue weighted by atomic mass is 16.8. The van der Waals surface area contributed by atoms with Crippen molar-refractivity contribution in [1.29, 1.82) is 0 Å². The molecule has 0 aromatic carbocycles. The van der Waals surface area contributed by atoms with Gasteiger partial charge < -0.3 is 79.5 Å². The van der Waals surface area contributed by atoms with Crippen molar-refractivity contribution in [3.63, 3.8) is 0 Å². The quantitative estimate of drug-likeness (QED) is 0.109. The Morgan fingerprint density at radius 3 is 2.03 bits per heavy atom. The zero-order valence-electron chi connectivity index (χ0n) is 38.3. The SMILES string of the molecule is C=C(C)[C@@H]1CC[C@]2(C(=O)O)CC[C@]3(C)[C@H](CC[C@@H]4[C@@]5(C)CC[C@H](O[C@@H]6OC[C@H](O[C@@H]7O[C@@H](C)[C@H](O)[C@@H](O[C@@H]8O[C@H](CO)[C@@H](O)[C@H](O)[C@H]8O)[C@H]7O)[C@H](O)[C@H]6O)[C@@](C)(CO)[C@@H]5CC[C@]43C)[C@@H]12. The summed E-state index contributed by atoms with van der Waals surface area (Å²) in [6, 6.07) is 0. The highest BCUT2D eigenvalue weighted by Crippen LogP contribution is 2.77. The van der Waals surface area contributed by atoms with E-state index in [1.807, 2.05) is 0 Å². The number of allylic oxidation sites excluding steroid dienone is 1. The van der Waals surface area contributed by atoms with Crippen molar-refractivity contribution in [3.05, 3.63) is 12.2 Å². The number of aliphatic carboxylic acids is 1. The van der Waals surface area contributed by atoms with Crippen LogP contribution in [0.2, 0.25) is 0 Å². The summed E-state index contributed by atoms with van der Waals surface area (Å²) in [6.07, 6.45) is -13.4. The Balaban J connectivity index is 0.932. The van der Waals surface area contributed by atoms with Crippen LogP contribution < -0.4 is 0 Å². The minimum atomic E-state index is -1.80. The van der Waals surface area contributed by atoms with Crippen LogP contribution >= 0.6 is 0 Å². The summed E-state index contributed by atoms with van der Waals surface area (Å²) in [5, 5.41) is 108. The molecule has 10 N–H and O–H groups in total. The predicted octanol–water partition coefficient (Wildman–Crippen LogP) is 1.20. The molecule has 0 spiro atoms. The first-order chi connectivity index (χ1) is 30.0. The molecule has 0 aromatic rings. The molecule has 64 heavy (non-hydrogen) atoms. The molecular formula is C47H76O17. The van der Waals surface area contributed by atoms with Gasteiger partial charge in [0.1, 0.15) is 61.0 Å². The van der Waals surface area contributed by atoms with Gasteiger partial charge in [-0.2, -0.15) is 0 Å². The molecule has 8 rings (SSSR count). The summed E-state index contributed by atoms with van der Waals surface area (Å²) in [6.45, 7) is 16.1. The van der Waals surface area contributed by atoms with Gasteiger partial charge in [0.05, 0.1) is 37.4 Å². The standard InChI is InChI=1S/C47H76O17/c1-21(2)23-10-15-47(42(57)58)17-16-45(6)24(30(23)47)8-9-28-43(4)13-12-29(44(5,20-49)27(43)11-14-46(28,45)7)63-39-35(54)33(52)26(19-59-39)62-41-37(56)38(31(50)22(3)60-41)64-40-36(55)34(53)32(51)25(18-48)61-40/h22-41,48-56H,1,8-20H2,2-7H3,(H,57,58)/t22-,23-,24+,25+,26-,27+,28+,29-,30+,31-,32+,33-,34-,35+,36+,37+,38+,39-,40-,41-,43-,44-,45+,46+,47-/m0/s1. The first-order valence-corrected chi connectivity index (χ1v) is 23.8. The summed E-state index contributed by atoms with van der Waals surface area (Å²) < 4.78 is 35.5. The van der Waals surface area contributed by atoms with Gasteiger partial charge in [-0.05, 0) is 124 Å². The summed E-state index contributed by atoms with van der Waals surface area (Å²) in [5.41, 5.74) is -0.565. The van der Waals surface area contributed by atoms with Crippen LogP contribution in [0.3, 0.4) is 0 Å². The van der Waals surface area contributed by atoms with Crippen molar-refractivity contribution in [2.45, 2.75) is 198 Å². The van der Waals surface area contributed by atoms with E-state index in [9.17, 15) is 55.9 Å². The number of ether oxygens (including phenoxy) is 6. The van der Waals surface area contributed by atoms with Crippen LogP contribution in [0, 0.1) is 56.7 Å². The third-order valence-electron chi connectivity index (χ3n) is 19.5. The number of hydrogen-bond donors (Lipinski definition) is 10. The maximum absolute atomic E-state index is 13.1. The summed E-state index contributed by atoms with van der Waals surface area (Å²) >= 11 is 0. The molecule has 5 saturated carbocycles. The fraction of sp³-hybridized carbons (Fsp3) is 0.936. The molecular weight excluding hydrogens is 836 g/mol. The van der Waals surface area contributed by atoms with Crippen LogP contribution in [0.4, 0.5) is 0 Å². The Hall–Kier alpha value is -1.39. The fourth-order valence-electron chi connectivity index (χ4n) is 15.7. The largest absolute Gasteiger partial charge is 0.481 e. The summed E-state index contributed by atoms with van der Waals surface area (Å²) in [5.74, 6) is 0.334. The molecule has 3 aliphatic heterocycles. The minimum absolute atomic E-state index is 0.0442. The lowest BCUT2D eigenvalue weighted by Gasteiger charge is -2.73. The highest BCUT2D eigenvalue weighted by Gasteiger charge is 2.72. The van der Waals surface area contributed by atoms with Gasteiger partial charge in [-0.3, -0.25) is 4.79 Å². The lowest BCUT2D eigenvalue weighted by atomic mass is 9.32. The van der Waals surface area contributed by atoms with Crippen molar-refractivity contribution < 1.29 is 84.3 Å². The third-order valence-corrected chi connectivity index (χ3v) is 19.5. The van der Waals surface area contributed by atoms with E-state index in [1.54, 1.807) is 0 Å². The molecule has 8 aliphatic rings. The van der Waals surface area contributed by atoms with Crippen LogP contribution in [0.25, 0.3) is 0 Å². The van der Waals surface area contributed by atoms with Crippen LogP contribution in [0.5, 0.6) is 0 Å². The lowest BCUT2D eigenvalue weighted by molar-refractivity contribution is -0.373. The lowest BCUT2D eigenvalue weighted by Crippen LogP contribution is -2.68. The fourth-order valence-corrected chi connectivity index (χ4v) is 15.7.